The predicted molar refractivity (Wildman–Crippen MR) is 103 cm³/mol. The molecule has 0 heterocycles. The monoisotopic (exact) mass is 382 g/mol. The van der Waals surface area contributed by atoms with Gasteiger partial charge >= 0.3 is 6.09 Å². The van der Waals surface area contributed by atoms with Crippen LogP contribution in [-0.4, -0.2) is 14.5 Å². The van der Waals surface area contributed by atoms with E-state index in [-0.39, 0.29) is 11.5 Å². The molecule has 3 aromatic carbocycles. The number of carbonyl (C=O) groups is 1. The summed E-state index contributed by atoms with van der Waals surface area (Å²) in [6, 6.07) is 24.2. The summed E-state index contributed by atoms with van der Waals surface area (Å²) in [5, 5.41) is 5.08. The van der Waals surface area contributed by atoms with Gasteiger partial charge in [-0.15, -0.1) is 0 Å². The molecule has 6 nitrogen and oxygen atoms in total. The number of primary sulfonamides is 1. The lowest BCUT2D eigenvalue weighted by Gasteiger charge is -2.22. The molecule has 0 spiro atoms. The smallest absolute Gasteiger partial charge is 0.419 e. The van der Waals surface area contributed by atoms with E-state index < -0.39 is 16.1 Å². The number of carbonyl (C=O) groups excluding carboxylic acids is 1. The number of anilines is 2. The minimum Gasteiger partial charge on any atom is -0.444 e. The van der Waals surface area contributed by atoms with Crippen LogP contribution in [0.25, 0.3) is 0 Å². The van der Waals surface area contributed by atoms with Crippen LogP contribution in [0.1, 0.15) is 5.56 Å². The molecule has 0 radical (unpaired) electrons. The summed E-state index contributed by atoms with van der Waals surface area (Å²) in [4.78, 5) is 14.2. The molecule has 1 amide bonds. The standard InChI is InChI=1S/C20H18N2O4S/c21-27(24,25)19-13-11-16(12-14-19)15-26-20(23)22(17-7-3-1-4-8-17)18-9-5-2-6-10-18/h1-14H,15H2,(H2,21,24,25). The third kappa shape index (κ3) is 4.72. The Labute approximate surface area is 157 Å². The fraction of sp³-hybridized carbons (Fsp3) is 0.0500. The van der Waals surface area contributed by atoms with Crippen molar-refractivity contribution >= 4 is 27.5 Å². The van der Waals surface area contributed by atoms with E-state index in [0.29, 0.717) is 16.9 Å². The van der Waals surface area contributed by atoms with Crippen molar-refractivity contribution in [3.8, 4) is 0 Å². The maximum Gasteiger partial charge on any atom is 0.419 e. The summed E-state index contributed by atoms with van der Waals surface area (Å²) in [6.45, 7) is -0.0000997. The number of benzene rings is 3. The van der Waals surface area contributed by atoms with Crippen molar-refractivity contribution < 1.29 is 17.9 Å². The van der Waals surface area contributed by atoms with Gasteiger partial charge in [-0.05, 0) is 42.0 Å². The minimum atomic E-state index is -3.75. The molecule has 3 rings (SSSR count). The Morgan fingerprint density at radius 1 is 0.815 bits per heavy atom. The molecule has 138 valence electrons. The van der Waals surface area contributed by atoms with Gasteiger partial charge in [0.25, 0.3) is 0 Å². The molecule has 0 bridgehead atoms. The molecule has 0 aromatic heterocycles. The Morgan fingerprint density at radius 3 is 1.74 bits per heavy atom. The van der Waals surface area contributed by atoms with Crippen molar-refractivity contribution in [3.63, 3.8) is 0 Å². The molecule has 0 aliphatic rings. The van der Waals surface area contributed by atoms with Gasteiger partial charge in [0.2, 0.25) is 10.0 Å². The summed E-state index contributed by atoms with van der Waals surface area (Å²) in [5.41, 5.74) is 2.01. The van der Waals surface area contributed by atoms with Crippen molar-refractivity contribution in [1.82, 2.24) is 0 Å². The van der Waals surface area contributed by atoms with Crippen molar-refractivity contribution in [3.05, 3.63) is 90.5 Å². The van der Waals surface area contributed by atoms with Crippen LogP contribution in [0.15, 0.2) is 89.8 Å². The zero-order valence-electron chi connectivity index (χ0n) is 14.4. The van der Waals surface area contributed by atoms with Gasteiger partial charge in [0.1, 0.15) is 6.61 Å². The molecule has 0 fully saturated rings. The summed E-state index contributed by atoms with van der Waals surface area (Å²) in [7, 11) is -3.75. The highest BCUT2D eigenvalue weighted by Gasteiger charge is 2.19. The van der Waals surface area contributed by atoms with Gasteiger partial charge in [-0.2, -0.15) is 0 Å². The number of hydrogen-bond donors (Lipinski definition) is 1. The zero-order valence-corrected chi connectivity index (χ0v) is 15.2. The van der Waals surface area contributed by atoms with Crippen LogP contribution in [0.5, 0.6) is 0 Å². The van der Waals surface area contributed by atoms with Crippen LogP contribution < -0.4 is 10.0 Å². The quantitative estimate of drug-likeness (QED) is 0.727. The van der Waals surface area contributed by atoms with Crippen LogP contribution >= 0.6 is 0 Å². The molecule has 3 aromatic rings. The normalized spacial score (nSPS) is 11.0. The molecule has 0 aliphatic heterocycles. The Hall–Kier alpha value is -3.16. The third-order valence-corrected chi connectivity index (χ3v) is 4.75. The van der Waals surface area contributed by atoms with E-state index in [1.54, 1.807) is 12.1 Å². The fourth-order valence-corrected chi connectivity index (χ4v) is 3.01. The molecule has 0 saturated carbocycles. The number of rotatable bonds is 5. The van der Waals surface area contributed by atoms with E-state index in [0.717, 1.165) is 0 Å². The van der Waals surface area contributed by atoms with Crippen molar-refractivity contribution in [2.75, 3.05) is 4.90 Å². The van der Waals surface area contributed by atoms with Gasteiger partial charge in [0.15, 0.2) is 0 Å². The molecule has 0 atom stereocenters. The molecule has 27 heavy (non-hydrogen) atoms. The lowest BCUT2D eigenvalue weighted by atomic mass is 10.2. The number of nitrogens with zero attached hydrogens (tertiary/aromatic N) is 1. The van der Waals surface area contributed by atoms with Crippen molar-refractivity contribution in [2.24, 2.45) is 5.14 Å². The topological polar surface area (TPSA) is 89.7 Å². The van der Waals surface area contributed by atoms with E-state index >= 15 is 0 Å². The molecular weight excluding hydrogens is 364 g/mol. The van der Waals surface area contributed by atoms with Crippen LogP contribution in [0, 0.1) is 0 Å². The van der Waals surface area contributed by atoms with Gasteiger partial charge in [0.05, 0.1) is 16.3 Å². The Bertz CT molecular complexity index is 965. The van der Waals surface area contributed by atoms with Gasteiger partial charge in [0, 0.05) is 0 Å². The van der Waals surface area contributed by atoms with E-state index in [1.165, 1.54) is 17.0 Å². The fourth-order valence-electron chi connectivity index (χ4n) is 2.50. The highest BCUT2D eigenvalue weighted by atomic mass is 32.2. The first-order valence-electron chi connectivity index (χ1n) is 8.14. The van der Waals surface area contributed by atoms with E-state index in [4.69, 9.17) is 9.88 Å². The molecule has 0 saturated heterocycles. The lowest BCUT2D eigenvalue weighted by Crippen LogP contribution is -2.26. The second-order valence-corrected chi connectivity index (χ2v) is 7.31. The Balaban J connectivity index is 1.77. The predicted octanol–water partition coefficient (Wildman–Crippen LogP) is 3.81. The van der Waals surface area contributed by atoms with Gasteiger partial charge in [-0.25, -0.2) is 23.3 Å². The van der Waals surface area contributed by atoms with Gasteiger partial charge < -0.3 is 4.74 Å². The molecule has 0 unspecified atom stereocenters. The molecular formula is C20H18N2O4S. The summed E-state index contributed by atoms with van der Waals surface area (Å²) < 4.78 is 28.0. The average Bonchev–Trinajstić information content (AvgIpc) is 2.68. The summed E-state index contributed by atoms with van der Waals surface area (Å²) >= 11 is 0. The largest absolute Gasteiger partial charge is 0.444 e. The number of sulfonamides is 1. The number of nitrogens with two attached hydrogens (primary N) is 1. The van der Waals surface area contributed by atoms with Crippen molar-refractivity contribution in [1.29, 1.82) is 0 Å². The van der Waals surface area contributed by atoms with Crippen LogP contribution in [0.3, 0.4) is 0 Å². The Kier molecular flexibility index (Phi) is 5.54. The summed E-state index contributed by atoms with van der Waals surface area (Å²) in [5.74, 6) is 0. The highest BCUT2D eigenvalue weighted by Crippen LogP contribution is 2.26. The first-order valence-corrected chi connectivity index (χ1v) is 9.68. The second kappa shape index (κ2) is 8.03. The Morgan fingerprint density at radius 2 is 1.30 bits per heavy atom. The number of ether oxygens (including phenoxy) is 1. The first kappa shape index (κ1) is 18.6. The summed E-state index contributed by atoms with van der Waals surface area (Å²) in [6.07, 6.45) is -0.539. The molecule has 2 N–H and O–H groups in total. The molecule has 7 heteroatoms. The van der Waals surface area contributed by atoms with Crippen molar-refractivity contribution in [2.45, 2.75) is 11.5 Å². The lowest BCUT2D eigenvalue weighted by molar-refractivity contribution is 0.150. The number of hydrogen-bond acceptors (Lipinski definition) is 4. The van der Waals surface area contributed by atoms with Crippen LogP contribution in [0.4, 0.5) is 16.2 Å². The maximum atomic E-state index is 12.7. The van der Waals surface area contributed by atoms with E-state index in [2.05, 4.69) is 0 Å². The number of amides is 1. The van der Waals surface area contributed by atoms with E-state index in [1.807, 2.05) is 60.7 Å². The SMILES string of the molecule is NS(=O)(=O)c1ccc(COC(=O)N(c2ccccc2)c2ccccc2)cc1. The van der Waals surface area contributed by atoms with Crippen LogP contribution in [-0.2, 0) is 21.4 Å². The first-order chi connectivity index (χ1) is 12.9. The second-order valence-electron chi connectivity index (χ2n) is 5.75. The zero-order chi connectivity index (χ0) is 19.3. The molecule has 0 aliphatic carbocycles. The minimum absolute atomic E-state index is 0.0000997. The highest BCUT2D eigenvalue weighted by molar-refractivity contribution is 7.89. The van der Waals surface area contributed by atoms with E-state index in [9.17, 15) is 13.2 Å². The van der Waals surface area contributed by atoms with Gasteiger partial charge in [-0.3, -0.25) is 0 Å². The number of para-hydroxylation sites is 2. The maximum absolute atomic E-state index is 12.7. The van der Waals surface area contributed by atoms with Gasteiger partial charge in [-0.1, -0.05) is 48.5 Å². The third-order valence-electron chi connectivity index (χ3n) is 3.83. The average molecular weight is 382 g/mol. The van der Waals surface area contributed by atoms with Crippen LogP contribution in [0.2, 0.25) is 0 Å².